The molecule has 1 atom stereocenters. The Morgan fingerprint density at radius 1 is 1.35 bits per heavy atom. The molecule has 0 spiro atoms. The molecule has 122 valence electrons. The zero-order chi connectivity index (χ0) is 16.8. The Labute approximate surface area is 146 Å². The van der Waals surface area contributed by atoms with Crippen LogP contribution in [0.2, 0.25) is 4.34 Å². The lowest BCUT2D eigenvalue weighted by molar-refractivity contribution is -0.899. The topological polar surface area (TPSA) is 33.5 Å². The second-order valence-corrected chi connectivity index (χ2v) is 7.47. The Kier molecular flexibility index (Phi) is 6.39. The van der Waals surface area contributed by atoms with E-state index >= 15 is 0 Å². The van der Waals surface area contributed by atoms with E-state index in [9.17, 15) is 4.79 Å². The molecular weight excluding hydrogens is 328 g/mol. The van der Waals surface area contributed by atoms with E-state index in [0.717, 1.165) is 39.1 Å². The molecule has 23 heavy (non-hydrogen) atoms. The highest BCUT2D eigenvalue weighted by molar-refractivity contribution is 7.16. The maximum atomic E-state index is 12.4. The lowest BCUT2D eigenvalue weighted by Gasteiger charge is -2.17. The van der Waals surface area contributed by atoms with Crippen LogP contribution in [-0.2, 0) is 11.3 Å². The minimum Gasteiger partial charge on any atom is -0.321 e. The fourth-order valence-electron chi connectivity index (χ4n) is 2.40. The van der Waals surface area contributed by atoms with Gasteiger partial charge >= 0.3 is 0 Å². The molecule has 1 heterocycles. The van der Waals surface area contributed by atoms with Crippen LogP contribution in [0.3, 0.4) is 0 Å². The van der Waals surface area contributed by atoms with Crippen LogP contribution in [0, 0.1) is 13.8 Å². The van der Waals surface area contributed by atoms with Crippen molar-refractivity contribution in [3.63, 3.8) is 0 Å². The molecule has 2 aromatic rings. The maximum absolute atomic E-state index is 12.4. The maximum Gasteiger partial charge on any atom is 0.279 e. The molecule has 0 aliphatic heterocycles. The van der Waals surface area contributed by atoms with E-state index in [4.69, 9.17) is 11.6 Å². The van der Waals surface area contributed by atoms with Gasteiger partial charge in [0, 0.05) is 5.69 Å². The number of amides is 1. The highest BCUT2D eigenvalue weighted by atomic mass is 35.5. The van der Waals surface area contributed by atoms with Crippen molar-refractivity contribution in [2.45, 2.75) is 20.4 Å². The zero-order valence-corrected chi connectivity index (χ0v) is 15.1. The normalized spacial score (nSPS) is 12.0. The number of rotatable bonds is 7. The number of benzene rings is 1. The number of carbonyl (C=O) groups is 1. The minimum atomic E-state index is 0.0122. The van der Waals surface area contributed by atoms with Crippen LogP contribution >= 0.6 is 22.9 Å². The molecule has 0 saturated carbocycles. The highest BCUT2D eigenvalue weighted by Crippen LogP contribution is 2.20. The minimum absolute atomic E-state index is 0.0122. The predicted octanol–water partition coefficient (Wildman–Crippen LogP) is 3.23. The summed E-state index contributed by atoms with van der Waals surface area (Å²) in [6.45, 7) is 9.70. The van der Waals surface area contributed by atoms with Gasteiger partial charge in [-0.05, 0) is 49.2 Å². The fourth-order valence-corrected chi connectivity index (χ4v) is 3.56. The summed E-state index contributed by atoms with van der Waals surface area (Å²) in [6, 6.07) is 9.97. The Balaban J connectivity index is 1.99. The van der Waals surface area contributed by atoms with E-state index in [-0.39, 0.29) is 5.91 Å². The number of anilines is 1. The summed E-state index contributed by atoms with van der Waals surface area (Å²) in [6.07, 6.45) is 1.84. The monoisotopic (exact) mass is 349 g/mol. The number of aryl methyl sites for hydroxylation is 2. The van der Waals surface area contributed by atoms with Crippen molar-refractivity contribution in [2.24, 2.45) is 0 Å². The van der Waals surface area contributed by atoms with Crippen LogP contribution < -0.4 is 10.2 Å². The van der Waals surface area contributed by atoms with Crippen molar-refractivity contribution >= 4 is 34.5 Å². The summed E-state index contributed by atoms with van der Waals surface area (Å²) < 4.78 is 0.776. The molecule has 5 heteroatoms. The van der Waals surface area contributed by atoms with Crippen LogP contribution in [0.15, 0.2) is 43.0 Å². The summed E-state index contributed by atoms with van der Waals surface area (Å²) >= 11 is 7.53. The summed E-state index contributed by atoms with van der Waals surface area (Å²) in [5, 5.41) is 3.01. The second-order valence-electron chi connectivity index (χ2n) is 5.67. The van der Waals surface area contributed by atoms with Crippen molar-refractivity contribution in [3.05, 3.63) is 63.3 Å². The van der Waals surface area contributed by atoms with E-state index in [1.54, 1.807) is 11.3 Å². The first-order valence-corrected chi connectivity index (χ1v) is 8.73. The van der Waals surface area contributed by atoms with Gasteiger partial charge in [-0.1, -0.05) is 30.3 Å². The average Bonchev–Trinajstić information content (AvgIpc) is 2.88. The van der Waals surface area contributed by atoms with Crippen LogP contribution in [-0.4, -0.2) is 19.0 Å². The van der Waals surface area contributed by atoms with Gasteiger partial charge in [-0.25, -0.2) is 0 Å². The van der Waals surface area contributed by atoms with Gasteiger partial charge in [0.25, 0.3) is 5.91 Å². The molecule has 0 bridgehead atoms. The molecule has 1 aromatic carbocycles. The first kappa shape index (κ1) is 17.7. The van der Waals surface area contributed by atoms with Crippen molar-refractivity contribution in [2.75, 3.05) is 18.4 Å². The Hall–Kier alpha value is -1.62. The van der Waals surface area contributed by atoms with E-state index < -0.39 is 0 Å². The molecule has 0 fully saturated rings. The molecule has 1 unspecified atom stereocenters. The van der Waals surface area contributed by atoms with Gasteiger partial charge in [-0.3, -0.25) is 4.79 Å². The van der Waals surface area contributed by atoms with Crippen molar-refractivity contribution in [1.29, 1.82) is 0 Å². The largest absolute Gasteiger partial charge is 0.321 e. The third-order valence-corrected chi connectivity index (χ3v) is 4.79. The first-order valence-electron chi connectivity index (χ1n) is 7.53. The number of quaternary nitrogens is 1. The molecule has 0 aliphatic rings. The van der Waals surface area contributed by atoms with Gasteiger partial charge in [-0.2, -0.15) is 0 Å². The van der Waals surface area contributed by atoms with Gasteiger partial charge in [0.15, 0.2) is 6.54 Å². The summed E-state index contributed by atoms with van der Waals surface area (Å²) in [7, 11) is 0. The van der Waals surface area contributed by atoms with Crippen molar-refractivity contribution in [3.8, 4) is 0 Å². The van der Waals surface area contributed by atoms with E-state index in [2.05, 4.69) is 11.9 Å². The summed E-state index contributed by atoms with van der Waals surface area (Å²) in [4.78, 5) is 14.7. The summed E-state index contributed by atoms with van der Waals surface area (Å²) in [5.41, 5.74) is 3.08. The number of halogens is 1. The molecule has 3 nitrogen and oxygen atoms in total. The lowest BCUT2D eigenvalue weighted by Crippen LogP contribution is -3.11. The van der Waals surface area contributed by atoms with Gasteiger partial charge in [0.1, 0.15) is 6.54 Å². The lowest BCUT2D eigenvalue weighted by atomic mass is 10.1. The molecule has 1 aromatic heterocycles. The van der Waals surface area contributed by atoms with E-state index in [1.165, 1.54) is 4.88 Å². The third-order valence-electron chi connectivity index (χ3n) is 3.56. The molecule has 2 rings (SSSR count). The molecule has 0 aliphatic carbocycles. The molecule has 0 saturated heterocycles. The van der Waals surface area contributed by atoms with Crippen LogP contribution in [0.4, 0.5) is 5.69 Å². The van der Waals surface area contributed by atoms with Crippen LogP contribution in [0.5, 0.6) is 0 Å². The molecule has 0 radical (unpaired) electrons. The van der Waals surface area contributed by atoms with E-state index in [1.807, 2.05) is 50.3 Å². The second kappa shape index (κ2) is 8.29. The Morgan fingerprint density at radius 3 is 2.78 bits per heavy atom. The van der Waals surface area contributed by atoms with Crippen molar-refractivity contribution in [1.82, 2.24) is 0 Å². The number of nitrogens with one attached hydrogen (secondary N) is 2. The van der Waals surface area contributed by atoms with Crippen LogP contribution in [0.25, 0.3) is 0 Å². The van der Waals surface area contributed by atoms with Gasteiger partial charge < -0.3 is 10.2 Å². The Bertz CT molecular complexity index is 696. The van der Waals surface area contributed by atoms with Crippen molar-refractivity contribution < 1.29 is 9.69 Å². The number of hydrogen-bond acceptors (Lipinski definition) is 2. The number of thiophene rings is 1. The Morgan fingerprint density at radius 2 is 2.13 bits per heavy atom. The number of carbonyl (C=O) groups excluding carboxylic acids is 1. The SMILES string of the molecule is C=CC[NH+](CC(=O)Nc1cc(C)ccc1C)Cc1ccc(Cl)s1. The molecule has 1 amide bonds. The van der Waals surface area contributed by atoms with Gasteiger partial charge in [0.05, 0.1) is 15.8 Å². The average molecular weight is 350 g/mol. The van der Waals surface area contributed by atoms with Gasteiger partial charge in [0.2, 0.25) is 0 Å². The third kappa shape index (κ3) is 5.50. The first-order chi connectivity index (χ1) is 11.0. The summed E-state index contributed by atoms with van der Waals surface area (Å²) in [5.74, 6) is 0.0122. The quantitative estimate of drug-likeness (QED) is 0.739. The van der Waals surface area contributed by atoms with E-state index in [0.29, 0.717) is 6.54 Å². The molecular formula is C18H22ClN2OS+. The predicted molar refractivity (Wildman–Crippen MR) is 98.5 cm³/mol. The number of hydrogen-bond donors (Lipinski definition) is 2. The highest BCUT2D eigenvalue weighted by Gasteiger charge is 2.15. The smallest absolute Gasteiger partial charge is 0.279 e. The van der Waals surface area contributed by atoms with Gasteiger partial charge in [-0.15, -0.1) is 11.3 Å². The zero-order valence-electron chi connectivity index (χ0n) is 13.5. The standard InChI is InChI=1S/C18H21ClN2OS/c1-4-9-21(11-15-7-8-17(19)23-15)12-18(22)20-16-10-13(2)5-6-14(16)3/h4-8,10H,1,9,11-12H2,2-3H3,(H,20,22)/p+1. The fraction of sp³-hybridized carbons (Fsp3) is 0.278. The van der Waals surface area contributed by atoms with Crippen LogP contribution in [0.1, 0.15) is 16.0 Å². The molecule has 2 N–H and O–H groups in total.